The Bertz CT molecular complexity index is 301. The normalized spacial score (nSPS) is 9.62. The van der Waals surface area contributed by atoms with Gasteiger partial charge in [0, 0.05) is 18.7 Å². The summed E-state index contributed by atoms with van der Waals surface area (Å²) in [6.07, 6.45) is 0. The molecule has 0 unspecified atom stereocenters. The van der Waals surface area contributed by atoms with Gasteiger partial charge < -0.3 is 5.43 Å². The number of nitro benzene ring substituents is 1. The molecule has 0 spiro atoms. The minimum absolute atomic E-state index is 0.0860. The molecule has 0 aliphatic rings. The summed E-state index contributed by atoms with van der Waals surface area (Å²) < 4.78 is 0. The molecular formula is C8H11N3O2. The predicted molar refractivity (Wildman–Crippen MR) is 50.4 cm³/mol. The SMILES string of the molecule is CCNNc1cccc([N+](=O)[O-])c1. The molecule has 0 fully saturated rings. The number of nitro groups is 1. The molecule has 0 saturated heterocycles. The Labute approximate surface area is 75.9 Å². The summed E-state index contributed by atoms with van der Waals surface area (Å²) in [7, 11) is 0. The maximum absolute atomic E-state index is 10.4. The maximum Gasteiger partial charge on any atom is 0.271 e. The molecule has 1 aromatic carbocycles. The molecule has 0 amide bonds. The largest absolute Gasteiger partial charge is 0.321 e. The fourth-order valence-corrected chi connectivity index (χ4v) is 0.888. The van der Waals surface area contributed by atoms with Crippen LogP contribution in [-0.2, 0) is 0 Å². The topological polar surface area (TPSA) is 67.2 Å². The fourth-order valence-electron chi connectivity index (χ4n) is 0.888. The highest BCUT2D eigenvalue weighted by Gasteiger charge is 2.04. The highest BCUT2D eigenvalue weighted by Crippen LogP contribution is 2.15. The Balaban J connectivity index is 2.73. The second-order valence-corrected chi connectivity index (χ2v) is 2.46. The monoisotopic (exact) mass is 181 g/mol. The zero-order valence-corrected chi connectivity index (χ0v) is 7.28. The van der Waals surface area contributed by atoms with Crippen molar-refractivity contribution in [2.75, 3.05) is 12.0 Å². The average Bonchev–Trinajstić information content (AvgIpc) is 2.15. The van der Waals surface area contributed by atoms with Gasteiger partial charge in [0.15, 0.2) is 0 Å². The van der Waals surface area contributed by atoms with Crippen LogP contribution < -0.4 is 10.9 Å². The van der Waals surface area contributed by atoms with Crippen molar-refractivity contribution in [3.05, 3.63) is 34.4 Å². The lowest BCUT2D eigenvalue weighted by Crippen LogP contribution is -2.20. The van der Waals surface area contributed by atoms with Gasteiger partial charge in [-0.25, -0.2) is 5.43 Å². The number of anilines is 1. The van der Waals surface area contributed by atoms with E-state index in [1.54, 1.807) is 12.1 Å². The first-order valence-corrected chi connectivity index (χ1v) is 3.97. The molecule has 0 aromatic heterocycles. The molecule has 5 nitrogen and oxygen atoms in total. The van der Waals surface area contributed by atoms with E-state index in [2.05, 4.69) is 10.9 Å². The second-order valence-electron chi connectivity index (χ2n) is 2.46. The van der Waals surface area contributed by atoms with Gasteiger partial charge in [0.1, 0.15) is 0 Å². The van der Waals surface area contributed by atoms with Crippen LogP contribution in [0.15, 0.2) is 24.3 Å². The van der Waals surface area contributed by atoms with Crippen molar-refractivity contribution in [3.63, 3.8) is 0 Å². The molecule has 1 rings (SSSR count). The summed E-state index contributed by atoms with van der Waals surface area (Å²) in [6, 6.07) is 6.33. The van der Waals surface area contributed by atoms with Crippen molar-refractivity contribution in [2.24, 2.45) is 0 Å². The lowest BCUT2D eigenvalue weighted by molar-refractivity contribution is -0.384. The lowest BCUT2D eigenvalue weighted by atomic mass is 10.3. The third kappa shape index (κ3) is 2.72. The van der Waals surface area contributed by atoms with E-state index in [9.17, 15) is 10.1 Å². The first kappa shape index (κ1) is 9.47. The maximum atomic E-state index is 10.4. The van der Waals surface area contributed by atoms with E-state index < -0.39 is 4.92 Å². The molecule has 0 aliphatic carbocycles. The Morgan fingerprint density at radius 1 is 1.54 bits per heavy atom. The van der Waals surface area contributed by atoms with E-state index in [0.717, 1.165) is 6.54 Å². The third-order valence-electron chi connectivity index (χ3n) is 1.47. The van der Waals surface area contributed by atoms with Crippen molar-refractivity contribution in [2.45, 2.75) is 6.92 Å². The molecule has 13 heavy (non-hydrogen) atoms. The number of hydrogen-bond donors (Lipinski definition) is 2. The third-order valence-corrected chi connectivity index (χ3v) is 1.47. The van der Waals surface area contributed by atoms with Gasteiger partial charge in [-0.05, 0) is 6.07 Å². The minimum atomic E-state index is -0.420. The van der Waals surface area contributed by atoms with Crippen LogP contribution in [0.4, 0.5) is 11.4 Å². The molecule has 5 heteroatoms. The van der Waals surface area contributed by atoms with Gasteiger partial charge in [0.25, 0.3) is 5.69 Å². The van der Waals surface area contributed by atoms with Gasteiger partial charge in [-0.15, -0.1) is 0 Å². The van der Waals surface area contributed by atoms with Crippen LogP contribution >= 0.6 is 0 Å². The first-order valence-electron chi connectivity index (χ1n) is 3.97. The Kier molecular flexibility index (Phi) is 3.22. The van der Waals surface area contributed by atoms with E-state index in [1.165, 1.54) is 12.1 Å². The van der Waals surface area contributed by atoms with Crippen molar-refractivity contribution < 1.29 is 4.92 Å². The first-order chi connectivity index (χ1) is 6.24. The molecule has 0 bridgehead atoms. The minimum Gasteiger partial charge on any atom is -0.321 e. The fraction of sp³-hybridized carbons (Fsp3) is 0.250. The van der Waals surface area contributed by atoms with Gasteiger partial charge in [0.05, 0.1) is 10.6 Å². The summed E-state index contributed by atoms with van der Waals surface area (Å²) in [5.41, 5.74) is 6.47. The number of nitrogens with zero attached hydrogens (tertiary/aromatic N) is 1. The van der Waals surface area contributed by atoms with Crippen LogP contribution in [0.3, 0.4) is 0 Å². The Morgan fingerprint density at radius 3 is 2.92 bits per heavy atom. The van der Waals surface area contributed by atoms with Crippen LogP contribution in [0, 0.1) is 10.1 Å². The standard InChI is InChI=1S/C8H11N3O2/c1-2-9-10-7-4-3-5-8(6-7)11(12)13/h3-6,9-10H,2H2,1H3. The second kappa shape index (κ2) is 4.42. The van der Waals surface area contributed by atoms with Crippen molar-refractivity contribution >= 4 is 11.4 Å². The zero-order chi connectivity index (χ0) is 9.68. The molecule has 0 heterocycles. The summed E-state index contributed by atoms with van der Waals surface area (Å²) in [5, 5.41) is 10.4. The van der Waals surface area contributed by atoms with Gasteiger partial charge >= 0.3 is 0 Å². The van der Waals surface area contributed by atoms with Gasteiger partial charge in [-0.2, -0.15) is 0 Å². The van der Waals surface area contributed by atoms with E-state index in [0.29, 0.717) is 5.69 Å². The zero-order valence-electron chi connectivity index (χ0n) is 7.28. The quantitative estimate of drug-likeness (QED) is 0.546. The summed E-state index contributed by atoms with van der Waals surface area (Å²) in [6.45, 7) is 2.69. The summed E-state index contributed by atoms with van der Waals surface area (Å²) in [4.78, 5) is 9.96. The smallest absolute Gasteiger partial charge is 0.271 e. The van der Waals surface area contributed by atoms with E-state index >= 15 is 0 Å². The van der Waals surface area contributed by atoms with Gasteiger partial charge in [-0.3, -0.25) is 10.1 Å². The molecule has 0 radical (unpaired) electrons. The molecule has 70 valence electrons. The Morgan fingerprint density at radius 2 is 2.31 bits per heavy atom. The lowest BCUT2D eigenvalue weighted by Gasteiger charge is -2.04. The van der Waals surface area contributed by atoms with Crippen LogP contribution in [0.2, 0.25) is 0 Å². The molecule has 2 N–H and O–H groups in total. The number of benzene rings is 1. The Hall–Kier alpha value is -1.62. The number of non-ortho nitro benzene ring substituents is 1. The van der Waals surface area contributed by atoms with E-state index in [-0.39, 0.29) is 5.69 Å². The number of rotatable bonds is 4. The van der Waals surface area contributed by atoms with Crippen LogP contribution in [0.1, 0.15) is 6.92 Å². The van der Waals surface area contributed by atoms with Gasteiger partial charge in [0.2, 0.25) is 0 Å². The molecular weight excluding hydrogens is 170 g/mol. The molecule has 0 saturated carbocycles. The van der Waals surface area contributed by atoms with Crippen LogP contribution in [-0.4, -0.2) is 11.5 Å². The molecule has 0 atom stereocenters. The van der Waals surface area contributed by atoms with Crippen molar-refractivity contribution in [3.8, 4) is 0 Å². The number of hydrogen-bond acceptors (Lipinski definition) is 4. The molecule has 0 aliphatic heterocycles. The van der Waals surface area contributed by atoms with E-state index in [1.807, 2.05) is 6.92 Å². The molecule has 1 aromatic rings. The summed E-state index contributed by atoms with van der Waals surface area (Å²) in [5.74, 6) is 0. The van der Waals surface area contributed by atoms with Crippen molar-refractivity contribution in [1.29, 1.82) is 0 Å². The van der Waals surface area contributed by atoms with Gasteiger partial charge in [-0.1, -0.05) is 13.0 Å². The van der Waals surface area contributed by atoms with Crippen LogP contribution in [0.5, 0.6) is 0 Å². The average molecular weight is 181 g/mol. The summed E-state index contributed by atoms with van der Waals surface area (Å²) >= 11 is 0. The van der Waals surface area contributed by atoms with Crippen LogP contribution in [0.25, 0.3) is 0 Å². The number of nitrogens with one attached hydrogen (secondary N) is 2. The van der Waals surface area contributed by atoms with Crippen molar-refractivity contribution in [1.82, 2.24) is 5.43 Å². The number of hydrazine groups is 1. The highest BCUT2D eigenvalue weighted by atomic mass is 16.6. The predicted octanol–water partition coefficient (Wildman–Crippen LogP) is 1.53. The highest BCUT2D eigenvalue weighted by molar-refractivity contribution is 5.50. The van der Waals surface area contributed by atoms with E-state index in [4.69, 9.17) is 0 Å².